The number of nitro groups is 1. The Labute approximate surface area is 148 Å². The summed E-state index contributed by atoms with van der Waals surface area (Å²) in [5, 5.41) is 10.7. The molecule has 0 bridgehead atoms. The Morgan fingerprint density at radius 1 is 1.28 bits per heavy atom. The van der Waals surface area contributed by atoms with Gasteiger partial charge in [-0.15, -0.1) is 0 Å². The zero-order chi connectivity index (χ0) is 18.4. The minimum Gasteiger partial charge on any atom is -0.490 e. The quantitative estimate of drug-likeness (QED) is 0.603. The highest BCUT2D eigenvalue weighted by atomic mass is 16.6. The lowest BCUT2D eigenvalue weighted by Crippen LogP contribution is -2.51. The van der Waals surface area contributed by atoms with Crippen LogP contribution in [-0.2, 0) is 4.79 Å². The molecule has 0 aliphatic carbocycles. The SMILES string of the molecule is CCC(CC)(CN)C(=O)N1CCC(Oc2ccc([N+](=O)[O-])cc2)CC1. The number of likely N-dealkylation sites (tertiary alicyclic amines) is 1. The van der Waals surface area contributed by atoms with Gasteiger partial charge in [-0.1, -0.05) is 13.8 Å². The average Bonchev–Trinajstić information content (AvgIpc) is 2.64. The van der Waals surface area contributed by atoms with Gasteiger partial charge >= 0.3 is 0 Å². The molecule has 1 aliphatic heterocycles. The Balaban J connectivity index is 1.91. The van der Waals surface area contributed by atoms with Gasteiger partial charge in [-0.3, -0.25) is 14.9 Å². The first-order valence-electron chi connectivity index (χ1n) is 8.86. The third-order valence-electron chi connectivity index (χ3n) is 5.28. The molecule has 138 valence electrons. The number of ether oxygens (including phenoxy) is 1. The van der Waals surface area contributed by atoms with Gasteiger partial charge in [0.05, 0.1) is 10.3 Å². The normalized spacial score (nSPS) is 15.9. The van der Waals surface area contributed by atoms with E-state index >= 15 is 0 Å². The minimum atomic E-state index is -0.452. The van der Waals surface area contributed by atoms with Crippen molar-refractivity contribution in [2.75, 3.05) is 19.6 Å². The van der Waals surface area contributed by atoms with Crippen LogP contribution in [0.25, 0.3) is 0 Å². The Kier molecular flexibility index (Phi) is 6.36. The third kappa shape index (κ3) is 4.28. The summed E-state index contributed by atoms with van der Waals surface area (Å²) in [6.45, 7) is 5.70. The number of nitrogens with two attached hydrogens (primary N) is 1. The highest BCUT2D eigenvalue weighted by Gasteiger charge is 2.38. The summed E-state index contributed by atoms with van der Waals surface area (Å²) in [5.74, 6) is 0.766. The lowest BCUT2D eigenvalue weighted by molar-refractivity contribution is -0.384. The number of carbonyl (C=O) groups excluding carboxylic acids is 1. The fraction of sp³-hybridized carbons (Fsp3) is 0.611. The second-order valence-corrected chi connectivity index (χ2v) is 6.55. The van der Waals surface area contributed by atoms with Gasteiger partial charge in [0.2, 0.25) is 5.91 Å². The minimum absolute atomic E-state index is 0.0148. The van der Waals surface area contributed by atoms with Gasteiger partial charge in [0.25, 0.3) is 5.69 Å². The van der Waals surface area contributed by atoms with Crippen LogP contribution in [0.2, 0.25) is 0 Å². The van der Waals surface area contributed by atoms with Crippen molar-refractivity contribution in [3.05, 3.63) is 34.4 Å². The first-order valence-corrected chi connectivity index (χ1v) is 8.86. The van der Waals surface area contributed by atoms with Crippen LogP contribution in [0, 0.1) is 15.5 Å². The number of piperidine rings is 1. The fourth-order valence-corrected chi connectivity index (χ4v) is 3.28. The van der Waals surface area contributed by atoms with Gasteiger partial charge < -0.3 is 15.4 Å². The zero-order valence-corrected chi connectivity index (χ0v) is 14.9. The summed E-state index contributed by atoms with van der Waals surface area (Å²) in [5.41, 5.74) is 5.47. The molecule has 1 aromatic rings. The molecule has 1 fully saturated rings. The van der Waals surface area contributed by atoms with E-state index in [0.29, 0.717) is 25.4 Å². The van der Waals surface area contributed by atoms with Gasteiger partial charge in [-0.05, 0) is 25.0 Å². The fourth-order valence-electron chi connectivity index (χ4n) is 3.28. The molecular formula is C18H27N3O4. The van der Waals surface area contributed by atoms with Crippen molar-refractivity contribution in [2.24, 2.45) is 11.1 Å². The molecule has 0 atom stereocenters. The number of hydrogen-bond acceptors (Lipinski definition) is 5. The lowest BCUT2D eigenvalue weighted by atomic mass is 9.80. The van der Waals surface area contributed by atoms with E-state index in [4.69, 9.17) is 10.5 Å². The maximum absolute atomic E-state index is 12.8. The highest BCUT2D eigenvalue weighted by Crippen LogP contribution is 2.30. The molecule has 0 saturated carbocycles. The third-order valence-corrected chi connectivity index (χ3v) is 5.28. The number of amides is 1. The Morgan fingerprint density at radius 2 is 1.84 bits per heavy atom. The van der Waals surface area contributed by atoms with Gasteiger partial charge in [-0.2, -0.15) is 0 Å². The Hall–Kier alpha value is -2.15. The molecule has 0 aromatic heterocycles. The van der Waals surface area contributed by atoms with Crippen LogP contribution in [0.5, 0.6) is 5.75 Å². The topological polar surface area (TPSA) is 98.7 Å². The molecule has 0 radical (unpaired) electrons. The summed E-state index contributed by atoms with van der Waals surface area (Å²) in [7, 11) is 0. The highest BCUT2D eigenvalue weighted by molar-refractivity contribution is 5.83. The molecule has 2 rings (SSSR count). The van der Waals surface area contributed by atoms with Gasteiger partial charge in [-0.25, -0.2) is 0 Å². The van der Waals surface area contributed by atoms with E-state index in [9.17, 15) is 14.9 Å². The molecule has 0 spiro atoms. The largest absolute Gasteiger partial charge is 0.490 e. The van der Waals surface area contributed by atoms with E-state index < -0.39 is 10.3 Å². The monoisotopic (exact) mass is 349 g/mol. The van der Waals surface area contributed by atoms with Crippen LogP contribution >= 0.6 is 0 Å². The summed E-state index contributed by atoms with van der Waals surface area (Å²) < 4.78 is 5.90. The first-order chi connectivity index (χ1) is 12.0. The summed E-state index contributed by atoms with van der Waals surface area (Å²) in [6.07, 6.45) is 3.00. The molecule has 1 heterocycles. The summed E-state index contributed by atoms with van der Waals surface area (Å²) >= 11 is 0. The van der Waals surface area contributed by atoms with Crippen molar-refractivity contribution in [3.63, 3.8) is 0 Å². The van der Waals surface area contributed by atoms with Gasteiger partial charge in [0.15, 0.2) is 0 Å². The van der Waals surface area contributed by atoms with Crippen molar-refractivity contribution < 1.29 is 14.5 Å². The summed E-state index contributed by atoms with van der Waals surface area (Å²) in [4.78, 5) is 25.0. The molecule has 0 unspecified atom stereocenters. The number of nitrogens with zero attached hydrogens (tertiary/aromatic N) is 2. The predicted octanol–water partition coefficient (Wildman–Crippen LogP) is 2.73. The molecule has 1 amide bonds. The van der Waals surface area contributed by atoms with Crippen LogP contribution in [0.1, 0.15) is 39.5 Å². The van der Waals surface area contributed by atoms with Crippen molar-refractivity contribution in [1.29, 1.82) is 0 Å². The van der Waals surface area contributed by atoms with Crippen molar-refractivity contribution in [1.82, 2.24) is 4.90 Å². The molecule has 1 aromatic carbocycles. The van der Waals surface area contributed by atoms with Crippen LogP contribution in [-0.4, -0.2) is 41.5 Å². The number of nitro benzene ring substituents is 1. The maximum atomic E-state index is 12.8. The van der Waals surface area contributed by atoms with Gasteiger partial charge in [0, 0.05) is 44.6 Å². The smallest absolute Gasteiger partial charge is 0.269 e. The van der Waals surface area contributed by atoms with Crippen molar-refractivity contribution >= 4 is 11.6 Å². The van der Waals surface area contributed by atoms with E-state index in [0.717, 1.165) is 25.7 Å². The van der Waals surface area contributed by atoms with Crippen molar-refractivity contribution in [2.45, 2.75) is 45.6 Å². The number of non-ortho nitro benzene ring substituents is 1. The second kappa shape index (κ2) is 8.29. The number of carbonyl (C=O) groups is 1. The number of rotatable bonds is 7. The van der Waals surface area contributed by atoms with Crippen LogP contribution in [0.15, 0.2) is 24.3 Å². The van der Waals surface area contributed by atoms with E-state index in [-0.39, 0.29) is 17.7 Å². The Bertz CT molecular complexity index is 583. The molecule has 1 aliphatic rings. The van der Waals surface area contributed by atoms with Crippen LogP contribution < -0.4 is 10.5 Å². The number of hydrogen-bond donors (Lipinski definition) is 1. The van der Waals surface area contributed by atoms with Crippen molar-refractivity contribution in [3.8, 4) is 5.75 Å². The molecular weight excluding hydrogens is 322 g/mol. The van der Waals surface area contributed by atoms with Gasteiger partial charge in [0.1, 0.15) is 11.9 Å². The molecule has 7 nitrogen and oxygen atoms in total. The predicted molar refractivity (Wildman–Crippen MR) is 95.4 cm³/mol. The molecule has 25 heavy (non-hydrogen) atoms. The van der Waals surface area contributed by atoms with Crippen LogP contribution in [0.3, 0.4) is 0 Å². The number of benzene rings is 1. The second-order valence-electron chi connectivity index (χ2n) is 6.55. The van der Waals surface area contributed by atoms with E-state index in [1.54, 1.807) is 12.1 Å². The van der Waals surface area contributed by atoms with Crippen LogP contribution in [0.4, 0.5) is 5.69 Å². The average molecular weight is 349 g/mol. The van der Waals surface area contributed by atoms with E-state index in [1.165, 1.54) is 12.1 Å². The Morgan fingerprint density at radius 3 is 2.28 bits per heavy atom. The van der Waals surface area contributed by atoms with E-state index in [2.05, 4.69) is 0 Å². The maximum Gasteiger partial charge on any atom is 0.269 e. The molecule has 7 heteroatoms. The standard InChI is InChI=1S/C18H27N3O4/c1-3-18(4-2,13-19)17(22)20-11-9-16(10-12-20)25-15-7-5-14(6-8-15)21(23)24/h5-8,16H,3-4,9-13,19H2,1-2H3. The summed E-state index contributed by atoms with van der Waals surface area (Å²) in [6, 6.07) is 6.10. The zero-order valence-electron chi connectivity index (χ0n) is 14.9. The molecule has 1 saturated heterocycles. The first kappa shape index (κ1) is 19.2. The lowest BCUT2D eigenvalue weighted by Gasteiger charge is -2.39. The van der Waals surface area contributed by atoms with E-state index in [1.807, 2.05) is 18.7 Å². The molecule has 2 N–H and O–H groups in total.